The largest absolute Gasteiger partial charge is 0.396 e. The first-order valence-electron chi connectivity index (χ1n) is 10.1. The number of hydrogen-bond acceptors (Lipinski definition) is 4. The van der Waals surface area contributed by atoms with E-state index in [0.717, 1.165) is 38.5 Å². The van der Waals surface area contributed by atoms with Crippen LogP contribution in [0.15, 0.2) is 37.0 Å². The minimum Gasteiger partial charge on any atom is -0.396 e. The van der Waals surface area contributed by atoms with Gasteiger partial charge in [0, 0.05) is 18.9 Å². The lowest BCUT2D eigenvalue weighted by Crippen LogP contribution is -2.25. The van der Waals surface area contributed by atoms with Gasteiger partial charge in [0.15, 0.2) is 0 Å². The van der Waals surface area contributed by atoms with E-state index < -0.39 is 17.8 Å². The van der Waals surface area contributed by atoms with Gasteiger partial charge in [-0.15, -0.1) is 6.58 Å². The third kappa shape index (κ3) is 7.75. The van der Waals surface area contributed by atoms with E-state index in [4.69, 9.17) is 5.11 Å². The lowest BCUT2D eigenvalue weighted by molar-refractivity contribution is 0.0818. The van der Waals surface area contributed by atoms with Gasteiger partial charge in [-0.1, -0.05) is 50.1 Å². The van der Waals surface area contributed by atoms with Crippen molar-refractivity contribution in [2.24, 2.45) is 11.8 Å². The first-order valence-corrected chi connectivity index (χ1v) is 10.1. The molecule has 0 radical (unpaired) electrons. The van der Waals surface area contributed by atoms with Gasteiger partial charge in [-0.3, -0.25) is 0 Å². The lowest BCUT2D eigenvalue weighted by atomic mass is 9.88. The summed E-state index contributed by atoms with van der Waals surface area (Å²) in [6.07, 6.45) is 15.6. The number of aliphatic hydroxyl groups excluding tert-OH is 3. The Kier molecular flexibility index (Phi) is 11.1. The normalized spacial score (nSPS) is 28.8. The van der Waals surface area contributed by atoms with Crippen molar-refractivity contribution in [2.45, 2.75) is 82.5 Å². The van der Waals surface area contributed by atoms with Crippen LogP contribution in [-0.4, -0.2) is 44.8 Å². The highest BCUT2D eigenvalue weighted by atomic mass is 16.3. The quantitative estimate of drug-likeness (QED) is 0.297. The molecule has 0 aromatic heterocycles. The molecule has 0 heterocycles. The van der Waals surface area contributed by atoms with E-state index in [2.05, 4.69) is 25.7 Å². The van der Waals surface area contributed by atoms with E-state index >= 15 is 0 Å². The maximum absolute atomic E-state index is 10.5. The van der Waals surface area contributed by atoms with Gasteiger partial charge in [-0.25, -0.2) is 0 Å². The van der Waals surface area contributed by atoms with Crippen molar-refractivity contribution in [3.8, 4) is 0 Å². The van der Waals surface area contributed by atoms with Crippen molar-refractivity contribution in [3.05, 3.63) is 37.0 Å². The molecular weight excluding hydrogens is 328 g/mol. The topological polar surface area (TPSA) is 80.9 Å². The first kappa shape index (κ1) is 23.1. The smallest absolute Gasteiger partial charge is 0.0859 e. The summed E-state index contributed by atoms with van der Waals surface area (Å²) in [6.45, 7) is 6.07. The fourth-order valence-electron chi connectivity index (χ4n) is 3.65. The van der Waals surface area contributed by atoms with Gasteiger partial charge in [-0.2, -0.15) is 0 Å². The van der Waals surface area contributed by atoms with Crippen LogP contribution in [0.4, 0.5) is 0 Å². The zero-order valence-electron chi connectivity index (χ0n) is 16.3. The van der Waals surface area contributed by atoms with E-state index in [9.17, 15) is 15.3 Å². The average Bonchev–Trinajstić information content (AvgIpc) is 2.89. The fraction of sp³-hybridized carbons (Fsp3) is 0.727. The molecule has 4 N–H and O–H groups in total. The van der Waals surface area contributed by atoms with E-state index in [-0.39, 0.29) is 18.4 Å². The van der Waals surface area contributed by atoms with Crippen LogP contribution in [0.3, 0.4) is 0 Å². The summed E-state index contributed by atoms with van der Waals surface area (Å²) in [7, 11) is 0. The Hall–Kier alpha value is -0.940. The number of rotatable bonds is 13. The zero-order chi connectivity index (χ0) is 19.4. The summed E-state index contributed by atoms with van der Waals surface area (Å²) in [5, 5.41) is 39.9. The number of unbranched alkanes of at least 4 members (excludes halogenated alkanes) is 3. The maximum atomic E-state index is 10.5. The second-order valence-electron chi connectivity index (χ2n) is 7.58. The molecule has 4 heteroatoms. The SMILES string of the molecule is C=CC(O)(CC=C[C@@H]1[C@@H](CC=CCCCCO)[C@@H](O)C[C@H]1O)CCCC. The van der Waals surface area contributed by atoms with Gasteiger partial charge < -0.3 is 20.4 Å². The second-order valence-corrected chi connectivity index (χ2v) is 7.58. The Morgan fingerprint density at radius 2 is 1.85 bits per heavy atom. The third-order valence-electron chi connectivity index (χ3n) is 5.44. The zero-order valence-corrected chi connectivity index (χ0v) is 16.3. The van der Waals surface area contributed by atoms with Crippen LogP contribution < -0.4 is 0 Å². The summed E-state index contributed by atoms with van der Waals surface area (Å²) < 4.78 is 0. The van der Waals surface area contributed by atoms with E-state index in [0.29, 0.717) is 19.3 Å². The van der Waals surface area contributed by atoms with E-state index in [1.54, 1.807) is 6.08 Å². The van der Waals surface area contributed by atoms with Crippen LogP contribution in [-0.2, 0) is 0 Å². The van der Waals surface area contributed by atoms with E-state index in [1.165, 1.54) is 0 Å². The molecule has 26 heavy (non-hydrogen) atoms. The molecule has 1 unspecified atom stereocenters. The maximum Gasteiger partial charge on any atom is 0.0859 e. The van der Waals surface area contributed by atoms with Crippen LogP contribution in [0.1, 0.15) is 64.7 Å². The van der Waals surface area contributed by atoms with Crippen molar-refractivity contribution in [1.82, 2.24) is 0 Å². The minimum absolute atomic E-state index is 0.00260. The summed E-state index contributed by atoms with van der Waals surface area (Å²) in [5.74, 6) is -0.0878. The molecule has 1 rings (SSSR count). The molecule has 5 atom stereocenters. The number of hydrogen-bond donors (Lipinski definition) is 4. The Morgan fingerprint density at radius 3 is 2.50 bits per heavy atom. The number of aliphatic hydroxyl groups is 4. The van der Waals surface area contributed by atoms with Crippen molar-refractivity contribution in [2.75, 3.05) is 6.61 Å². The minimum atomic E-state index is -0.892. The molecule has 1 aliphatic carbocycles. The monoisotopic (exact) mass is 366 g/mol. The molecule has 1 aliphatic rings. The first-order chi connectivity index (χ1) is 12.5. The highest BCUT2D eigenvalue weighted by Crippen LogP contribution is 2.36. The van der Waals surface area contributed by atoms with Gasteiger partial charge in [0.1, 0.15) is 0 Å². The molecule has 1 saturated carbocycles. The predicted octanol–water partition coefficient (Wildman–Crippen LogP) is 3.51. The third-order valence-corrected chi connectivity index (χ3v) is 5.44. The molecular formula is C22H38O4. The van der Waals surface area contributed by atoms with Crippen LogP contribution in [0, 0.1) is 11.8 Å². The van der Waals surface area contributed by atoms with Crippen LogP contribution >= 0.6 is 0 Å². The molecule has 0 aromatic rings. The molecule has 150 valence electrons. The Labute approximate surface area is 159 Å². The van der Waals surface area contributed by atoms with Gasteiger partial charge in [0.25, 0.3) is 0 Å². The highest BCUT2D eigenvalue weighted by molar-refractivity contribution is 5.08. The van der Waals surface area contributed by atoms with E-state index in [1.807, 2.05) is 12.2 Å². The van der Waals surface area contributed by atoms with Crippen LogP contribution in [0.25, 0.3) is 0 Å². The van der Waals surface area contributed by atoms with Gasteiger partial charge in [-0.05, 0) is 44.4 Å². The lowest BCUT2D eigenvalue weighted by Gasteiger charge is -2.23. The summed E-state index contributed by atoms with van der Waals surface area (Å²) in [5.41, 5.74) is -0.892. The molecule has 1 fully saturated rings. The fourth-order valence-corrected chi connectivity index (χ4v) is 3.65. The summed E-state index contributed by atoms with van der Waals surface area (Å²) >= 11 is 0. The Bertz CT molecular complexity index is 445. The molecule has 0 bridgehead atoms. The summed E-state index contributed by atoms with van der Waals surface area (Å²) in [6, 6.07) is 0. The molecule has 0 amide bonds. The number of allylic oxidation sites excluding steroid dienone is 2. The van der Waals surface area contributed by atoms with Gasteiger partial charge in [0.2, 0.25) is 0 Å². The van der Waals surface area contributed by atoms with Gasteiger partial charge in [0.05, 0.1) is 17.8 Å². The molecule has 0 saturated heterocycles. The molecule has 0 aliphatic heterocycles. The standard InChI is InChI=1S/C22H38O4/c1-3-5-14-22(26,4-2)15-11-13-19-18(20(24)17-21(19)25)12-9-7-6-8-10-16-23/h4,7,9,11,13,18-21,23-26H,2-3,5-6,8,10,12,14-17H2,1H3/t18-,19-,20+,21-,22?/m1/s1. The molecule has 0 aromatic carbocycles. The Balaban J connectivity index is 2.58. The molecule has 4 nitrogen and oxygen atoms in total. The Morgan fingerprint density at radius 1 is 1.08 bits per heavy atom. The van der Waals surface area contributed by atoms with Crippen molar-refractivity contribution < 1.29 is 20.4 Å². The van der Waals surface area contributed by atoms with Crippen LogP contribution in [0.2, 0.25) is 0 Å². The van der Waals surface area contributed by atoms with Crippen molar-refractivity contribution in [1.29, 1.82) is 0 Å². The van der Waals surface area contributed by atoms with Crippen LogP contribution in [0.5, 0.6) is 0 Å². The summed E-state index contributed by atoms with van der Waals surface area (Å²) in [4.78, 5) is 0. The average molecular weight is 367 g/mol. The van der Waals surface area contributed by atoms with Gasteiger partial charge >= 0.3 is 0 Å². The second kappa shape index (κ2) is 12.4. The predicted molar refractivity (Wildman–Crippen MR) is 107 cm³/mol. The molecule has 0 spiro atoms. The van der Waals surface area contributed by atoms with Crippen molar-refractivity contribution in [3.63, 3.8) is 0 Å². The highest BCUT2D eigenvalue weighted by Gasteiger charge is 2.39. The van der Waals surface area contributed by atoms with Crippen molar-refractivity contribution >= 4 is 0 Å².